The van der Waals surface area contributed by atoms with Crippen molar-refractivity contribution < 1.29 is 18.3 Å². The Bertz CT molecular complexity index is 645. The zero-order valence-electron chi connectivity index (χ0n) is 11.4. The topological polar surface area (TPSA) is 38.0 Å². The van der Waals surface area contributed by atoms with Crippen molar-refractivity contribution in [3.05, 3.63) is 41.3 Å². The summed E-state index contributed by atoms with van der Waals surface area (Å²) < 4.78 is 41.6. The minimum absolute atomic E-state index is 0.110. The number of halogens is 3. The van der Waals surface area contributed by atoms with Crippen molar-refractivity contribution in [3.8, 4) is 11.3 Å². The molecule has 108 valence electrons. The van der Waals surface area contributed by atoms with Gasteiger partial charge in [-0.25, -0.2) is 13.2 Å². The minimum atomic E-state index is -1.54. The molecule has 0 spiro atoms. The van der Waals surface area contributed by atoms with Gasteiger partial charge >= 0.3 is 0 Å². The van der Waals surface area contributed by atoms with Gasteiger partial charge in [0.25, 0.3) is 0 Å². The van der Waals surface area contributed by atoms with Crippen molar-refractivity contribution >= 4 is 0 Å². The predicted octanol–water partition coefficient (Wildman–Crippen LogP) is 3.21. The highest BCUT2D eigenvalue weighted by atomic mass is 19.2. The third kappa shape index (κ3) is 2.43. The van der Waals surface area contributed by atoms with E-state index in [1.807, 2.05) is 20.8 Å². The van der Waals surface area contributed by atoms with Crippen LogP contribution >= 0.6 is 0 Å². The molecule has 1 aromatic heterocycles. The Balaban J connectivity index is 2.64. The Labute approximate surface area is 114 Å². The highest BCUT2D eigenvalue weighted by Crippen LogP contribution is 2.29. The third-order valence-electron chi connectivity index (χ3n) is 2.94. The summed E-state index contributed by atoms with van der Waals surface area (Å²) in [6.07, 6.45) is 1.57. The Morgan fingerprint density at radius 2 is 1.80 bits per heavy atom. The van der Waals surface area contributed by atoms with E-state index in [0.717, 1.165) is 12.1 Å². The van der Waals surface area contributed by atoms with Gasteiger partial charge in [-0.3, -0.25) is 4.68 Å². The average molecular weight is 284 g/mol. The van der Waals surface area contributed by atoms with Crippen molar-refractivity contribution in [2.45, 2.75) is 32.9 Å². The first-order chi connectivity index (χ1) is 9.25. The number of aliphatic hydroxyl groups excluding tert-OH is 1. The largest absolute Gasteiger partial charge is 0.392 e. The molecular formula is C14H15F3N2O. The van der Waals surface area contributed by atoms with E-state index >= 15 is 0 Å². The fourth-order valence-corrected chi connectivity index (χ4v) is 1.80. The zero-order chi connectivity index (χ0) is 15.1. The van der Waals surface area contributed by atoms with Crippen molar-refractivity contribution in [1.82, 2.24) is 9.78 Å². The number of hydrogen-bond acceptors (Lipinski definition) is 2. The molecule has 0 fully saturated rings. The van der Waals surface area contributed by atoms with Crippen LogP contribution in [-0.4, -0.2) is 14.9 Å². The molecular weight excluding hydrogens is 269 g/mol. The summed E-state index contributed by atoms with van der Waals surface area (Å²) >= 11 is 0. The summed E-state index contributed by atoms with van der Waals surface area (Å²) in [6.45, 7) is 5.27. The fourth-order valence-electron chi connectivity index (χ4n) is 1.80. The summed E-state index contributed by atoms with van der Waals surface area (Å²) in [5, 5.41) is 13.5. The lowest BCUT2D eigenvalue weighted by atomic mass is 10.1. The molecule has 0 bridgehead atoms. The number of rotatable bonds is 2. The summed E-state index contributed by atoms with van der Waals surface area (Å²) in [6, 6.07) is 1.95. The van der Waals surface area contributed by atoms with Gasteiger partial charge in [0.1, 0.15) is 5.69 Å². The van der Waals surface area contributed by atoms with Crippen molar-refractivity contribution in [2.75, 3.05) is 0 Å². The van der Waals surface area contributed by atoms with Crippen LogP contribution in [-0.2, 0) is 12.1 Å². The molecule has 0 saturated heterocycles. The second kappa shape index (κ2) is 4.94. The van der Waals surface area contributed by atoms with E-state index in [9.17, 15) is 18.3 Å². The summed E-state index contributed by atoms with van der Waals surface area (Å²) in [4.78, 5) is 0. The van der Waals surface area contributed by atoms with E-state index in [-0.39, 0.29) is 23.4 Å². The van der Waals surface area contributed by atoms with Crippen LogP contribution in [0, 0.1) is 17.5 Å². The lowest BCUT2D eigenvalue weighted by Crippen LogP contribution is -2.22. The number of hydrogen-bond donors (Lipinski definition) is 1. The standard InChI is InChI=1S/C14H15F3N2O/c1-14(2,3)19-6-8(7-20)13(18-19)9-4-5-10(15)12(17)11(9)16/h4-6,20H,7H2,1-3H3. The Morgan fingerprint density at radius 1 is 1.15 bits per heavy atom. The number of aromatic nitrogens is 2. The van der Waals surface area contributed by atoms with Gasteiger partial charge in [0.15, 0.2) is 17.5 Å². The van der Waals surface area contributed by atoms with E-state index in [4.69, 9.17) is 0 Å². The number of aliphatic hydroxyl groups is 1. The van der Waals surface area contributed by atoms with E-state index < -0.39 is 17.5 Å². The van der Waals surface area contributed by atoms with Crippen LogP contribution in [0.4, 0.5) is 13.2 Å². The van der Waals surface area contributed by atoms with Crippen molar-refractivity contribution in [3.63, 3.8) is 0 Å². The number of nitrogens with zero attached hydrogens (tertiary/aromatic N) is 2. The SMILES string of the molecule is CC(C)(C)n1cc(CO)c(-c2ccc(F)c(F)c2F)n1. The van der Waals surface area contributed by atoms with Crippen LogP contribution in [0.5, 0.6) is 0 Å². The van der Waals surface area contributed by atoms with Gasteiger partial charge in [-0.15, -0.1) is 0 Å². The fraction of sp³-hybridized carbons (Fsp3) is 0.357. The molecule has 1 aromatic carbocycles. The van der Waals surface area contributed by atoms with Gasteiger partial charge in [-0.05, 0) is 32.9 Å². The summed E-state index contributed by atoms with van der Waals surface area (Å²) in [7, 11) is 0. The molecule has 0 atom stereocenters. The Hall–Kier alpha value is -1.82. The third-order valence-corrected chi connectivity index (χ3v) is 2.94. The quantitative estimate of drug-likeness (QED) is 0.860. The molecule has 0 aliphatic rings. The van der Waals surface area contributed by atoms with Crippen LogP contribution in [0.1, 0.15) is 26.3 Å². The van der Waals surface area contributed by atoms with E-state index in [1.54, 1.807) is 10.9 Å². The smallest absolute Gasteiger partial charge is 0.195 e. The van der Waals surface area contributed by atoms with Gasteiger partial charge in [0.2, 0.25) is 0 Å². The maximum absolute atomic E-state index is 13.8. The van der Waals surface area contributed by atoms with Gasteiger partial charge in [0, 0.05) is 17.3 Å². The molecule has 0 aliphatic heterocycles. The Kier molecular flexibility index (Phi) is 3.60. The molecule has 1 heterocycles. The molecule has 0 amide bonds. The lowest BCUT2D eigenvalue weighted by molar-refractivity contribution is 0.281. The first kappa shape index (κ1) is 14.6. The van der Waals surface area contributed by atoms with Crippen LogP contribution in [0.25, 0.3) is 11.3 Å². The monoisotopic (exact) mass is 284 g/mol. The van der Waals surface area contributed by atoms with Crippen LogP contribution in [0.2, 0.25) is 0 Å². The molecule has 3 nitrogen and oxygen atoms in total. The Morgan fingerprint density at radius 3 is 2.35 bits per heavy atom. The van der Waals surface area contributed by atoms with Crippen molar-refractivity contribution in [1.29, 1.82) is 0 Å². The van der Waals surface area contributed by atoms with Crippen molar-refractivity contribution in [2.24, 2.45) is 0 Å². The van der Waals surface area contributed by atoms with Gasteiger partial charge < -0.3 is 5.11 Å². The molecule has 20 heavy (non-hydrogen) atoms. The van der Waals surface area contributed by atoms with Crippen LogP contribution < -0.4 is 0 Å². The highest BCUT2D eigenvalue weighted by Gasteiger charge is 2.22. The second-order valence-corrected chi connectivity index (χ2v) is 5.50. The molecule has 0 radical (unpaired) electrons. The second-order valence-electron chi connectivity index (χ2n) is 5.50. The number of benzene rings is 1. The maximum atomic E-state index is 13.8. The summed E-state index contributed by atoms with van der Waals surface area (Å²) in [5.74, 6) is -4.11. The first-order valence-corrected chi connectivity index (χ1v) is 6.09. The normalized spacial score (nSPS) is 11.9. The highest BCUT2D eigenvalue weighted by molar-refractivity contribution is 5.63. The molecule has 2 aromatic rings. The minimum Gasteiger partial charge on any atom is -0.392 e. The maximum Gasteiger partial charge on any atom is 0.195 e. The lowest BCUT2D eigenvalue weighted by Gasteiger charge is -2.18. The van der Waals surface area contributed by atoms with Gasteiger partial charge in [0.05, 0.1) is 12.1 Å². The zero-order valence-corrected chi connectivity index (χ0v) is 11.4. The van der Waals surface area contributed by atoms with Crippen LogP contribution in [0.3, 0.4) is 0 Å². The molecule has 1 N–H and O–H groups in total. The van der Waals surface area contributed by atoms with Gasteiger partial charge in [-0.2, -0.15) is 5.10 Å². The average Bonchev–Trinajstić information content (AvgIpc) is 2.80. The van der Waals surface area contributed by atoms with E-state index in [1.165, 1.54) is 0 Å². The summed E-state index contributed by atoms with van der Waals surface area (Å²) in [5.41, 5.74) is -0.0865. The first-order valence-electron chi connectivity index (χ1n) is 6.09. The molecule has 6 heteroatoms. The van der Waals surface area contributed by atoms with Crippen LogP contribution in [0.15, 0.2) is 18.3 Å². The molecule has 0 unspecified atom stereocenters. The molecule has 2 rings (SSSR count). The molecule has 0 aliphatic carbocycles. The van der Waals surface area contributed by atoms with E-state index in [0.29, 0.717) is 5.56 Å². The van der Waals surface area contributed by atoms with Gasteiger partial charge in [-0.1, -0.05) is 0 Å². The molecule has 0 saturated carbocycles. The predicted molar refractivity (Wildman–Crippen MR) is 68.5 cm³/mol. The van der Waals surface area contributed by atoms with E-state index in [2.05, 4.69) is 5.10 Å².